The maximum atomic E-state index is 5.70. The predicted octanol–water partition coefficient (Wildman–Crippen LogP) is 1.22. The summed E-state index contributed by atoms with van der Waals surface area (Å²) < 4.78 is 7.71. The van der Waals surface area contributed by atoms with Crippen LogP contribution in [0.2, 0.25) is 0 Å². The van der Waals surface area contributed by atoms with Crippen LogP contribution in [0.25, 0.3) is 0 Å². The minimum atomic E-state index is 0.0943. The fourth-order valence-corrected chi connectivity index (χ4v) is 2.48. The zero-order chi connectivity index (χ0) is 12.1. The molecular weight excluding hydrogens is 216 g/mol. The Hall–Kier alpha value is -0.910. The van der Waals surface area contributed by atoms with Crippen LogP contribution in [0.3, 0.4) is 0 Å². The maximum absolute atomic E-state index is 5.70. The molecule has 5 heteroatoms. The van der Waals surface area contributed by atoms with Gasteiger partial charge in [0.2, 0.25) is 0 Å². The number of imidazole rings is 1. The predicted molar refractivity (Wildman–Crippen MR) is 66.1 cm³/mol. The first-order valence-corrected chi connectivity index (χ1v) is 6.41. The molecule has 96 valence electrons. The summed E-state index contributed by atoms with van der Waals surface area (Å²) in [6, 6.07) is 0.0943. The zero-order valence-electron chi connectivity index (χ0n) is 10.4. The Morgan fingerprint density at radius 3 is 3.24 bits per heavy atom. The first kappa shape index (κ1) is 12.5. The minimum Gasteiger partial charge on any atom is -0.381 e. The third kappa shape index (κ3) is 2.86. The monoisotopic (exact) mass is 238 g/mol. The average Bonchev–Trinajstić information content (AvgIpc) is 2.81. The summed E-state index contributed by atoms with van der Waals surface area (Å²) in [7, 11) is 0. The second-order valence-electron chi connectivity index (χ2n) is 4.60. The van der Waals surface area contributed by atoms with Crippen LogP contribution in [0, 0.1) is 5.92 Å². The van der Waals surface area contributed by atoms with Crippen LogP contribution in [0.1, 0.15) is 38.1 Å². The van der Waals surface area contributed by atoms with Gasteiger partial charge < -0.3 is 9.30 Å². The molecule has 1 aliphatic rings. The molecule has 0 bridgehead atoms. The molecule has 17 heavy (non-hydrogen) atoms. The van der Waals surface area contributed by atoms with Crippen LogP contribution in [0.5, 0.6) is 0 Å². The summed E-state index contributed by atoms with van der Waals surface area (Å²) in [5, 5.41) is 0. The van der Waals surface area contributed by atoms with Gasteiger partial charge in [-0.1, -0.05) is 6.92 Å². The number of hydrazine groups is 1. The first-order valence-electron chi connectivity index (χ1n) is 6.41. The molecule has 2 unspecified atom stereocenters. The summed E-state index contributed by atoms with van der Waals surface area (Å²) in [5.41, 5.74) is 2.91. The second-order valence-corrected chi connectivity index (χ2v) is 4.60. The van der Waals surface area contributed by atoms with E-state index in [0.717, 1.165) is 44.8 Å². The molecule has 0 spiro atoms. The summed E-state index contributed by atoms with van der Waals surface area (Å²) in [6.07, 6.45) is 7.22. The van der Waals surface area contributed by atoms with E-state index in [-0.39, 0.29) is 6.04 Å². The number of hydrogen-bond acceptors (Lipinski definition) is 4. The topological polar surface area (TPSA) is 65.1 Å². The number of nitrogens with zero attached hydrogens (tertiary/aromatic N) is 2. The van der Waals surface area contributed by atoms with Crippen LogP contribution in [-0.4, -0.2) is 22.8 Å². The van der Waals surface area contributed by atoms with E-state index in [2.05, 4.69) is 21.9 Å². The third-order valence-electron chi connectivity index (χ3n) is 3.34. The van der Waals surface area contributed by atoms with Crippen LogP contribution < -0.4 is 11.3 Å². The van der Waals surface area contributed by atoms with E-state index < -0.39 is 0 Å². The number of nitrogens with two attached hydrogens (primary N) is 1. The molecule has 1 aromatic rings. The molecular formula is C12H22N4O. The number of hydrogen-bond donors (Lipinski definition) is 2. The highest BCUT2D eigenvalue weighted by Crippen LogP contribution is 2.27. The van der Waals surface area contributed by atoms with Crippen molar-refractivity contribution in [2.45, 2.75) is 38.8 Å². The Kier molecular flexibility index (Phi) is 4.53. The minimum absolute atomic E-state index is 0.0943. The number of nitrogens with one attached hydrogen (secondary N) is 1. The smallest absolute Gasteiger partial charge is 0.127 e. The standard InChI is InChI=1S/C12H22N4O/c1-2-6-16-7-5-14-12(16)11(15-13)10-4-3-8-17-9-10/h5,7,10-11,15H,2-4,6,8-9,13H2,1H3. The van der Waals surface area contributed by atoms with Gasteiger partial charge in [-0.15, -0.1) is 0 Å². The van der Waals surface area contributed by atoms with Gasteiger partial charge in [0, 0.05) is 31.5 Å². The molecule has 5 nitrogen and oxygen atoms in total. The SMILES string of the molecule is CCCn1ccnc1C(NN)C1CCCOC1. The molecule has 0 aliphatic carbocycles. The highest BCUT2D eigenvalue weighted by atomic mass is 16.5. The van der Waals surface area contributed by atoms with E-state index in [9.17, 15) is 0 Å². The largest absolute Gasteiger partial charge is 0.381 e. The first-order chi connectivity index (χ1) is 8.36. The summed E-state index contributed by atoms with van der Waals surface area (Å²) in [6.45, 7) is 4.80. The van der Waals surface area contributed by atoms with E-state index in [1.807, 2.05) is 12.4 Å². The Morgan fingerprint density at radius 2 is 2.59 bits per heavy atom. The van der Waals surface area contributed by atoms with Gasteiger partial charge >= 0.3 is 0 Å². The van der Waals surface area contributed by atoms with E-state index in [1.165, 1.54) is 0 Å². The van der Waals surface area contributed by atoms with Crippen LogP contribution in [0.15, 0.2) is 12.4 Å². The molecule has 1 saturated heterocycles. The molecule has 0 aromatic carbocycles. The number of rotatable bonds is 5. The van der Waals surface area contributed by atoms with Gasteiger partial charge in [-0.25, -0.2) is 10.4 Å². The Bertz CT molecular complexity index is 333. The zero-order valence-corrected chi connectivity index (χ0v) is 10.4. The molecule has 2 atom stereocenters. The lowest BCUT2D eigenvalue weighted by Crippen LogP contribution is -2.38. The van der Waals surface area contributed by atoms with Crippen molar-refractivity contribution in [3.8, 4) is 0 Å². The van der Waals surface area contributed by atoms with E-state index in [0.29, 0.717) is 5.92 Å². The Labute approximate surface area is 102 Å². The quantitative estimate of drug-likeness (QED) is 0.598. The molecule has 2 rings (SSSR count). The summed E-state index contributed by atoms with van der Waals surface area (Å²) in [5.74, 6) is 7.16. The van der Waals surface area contributed by atoms with E-state index >= 15 is 0 Å². The molecule has 1 aromatic heterocycles. The molecule has 3 N–H and O–H groups in total. The average molecular weight is 238 g/mol. The highest BCUT2D eigenvalue weighted by Gasteiger charge is 2.27. The molecule has 1 fully saturated rings. The van der Waals surface area contributed by atoms with Crippen LogP contribution in [0.4, 0.5) is 0 Å². The highest BCUT2D eigenvalue weighted by molar-refractivity contribution is 5.01. The second kappa shape index (κ2) is 6.14. The van der Waals surface area contributed by atoms with Crippen molar-refractivity contribution in [1.82, 2.24) is 15.0 Å². The van der Waals surface area contributed by atoms with Crippen molar-refractivity contribution in [2.24, 2.45) is 11.8 Å². The fourth-order valence-electron chi connectivity index (χ4n) is 2.48. The number of aryl methyl sites for hydroxylation is 1. The van der Waals surface area contributed by atoms with Crippen LogP contribution >= 0.6 is 0 Å². The van der Waals surface area contributed by atoms with Gasteiger partial charge in [0.1, 0.15) is 5.82 Å². The fraction of sp³-hybridized carbons (Fsp3) is 0.750. The van der Waals surface area contributed by atoms with E-state index in [4.69, 9.17) is 10.6 Å². The van der Waals surface area contributed by atoms with Crippen molar-refractivity contribution in [1.29, 1.82) is 0 Å². The van der Waals surface area contributed by atoms with Crippen molar-refractivity contribution in [2.75, 3.05) is 13.2 Å². The molecule has 0 amide bonds. The summed E-state index contributed by atoms with van der Waals surface area (Å²) in [4.78, 5) is 4.45. The van der Waals surface area contributed by atoms with Gasteiger partial charge in [0.15, 0.2) is 0 Å². The number of aromatic nitrogens is 2. The molecule has 1 aliphatic heterocycles. The Balaban J connectivity index is 2.12. The van der Waals surface area contributed by atoms with Gasteiger partial charge in [-0.2, -0.15) is 0 Å². The summed E-state index contributed by atoms with van der Waals surface area (Å²) >= 11 is 0. The van der Waals surface area contributed by atoms with Gasteiger partial charge in [-0.3, -0.25) is 5.84 Å². The lowest BCUT2D eigenvalue weighted by atomic mass is 9.93. The lowest BCUT2D eigenvalue weighted by molar-refractivity contribution is 0.0371. The van der Waals surface area contributed by atoms with Crippen molar-refractivity contribution in [3.63, 3.8) is 0 Å². The van der Waals surface area contributed by atoms with Crippen LogP contribution in [-0.2, 0) is 11.3 Å². The van der Waals surface area contributed by atoms with Crippen molar-refractivity contribution >= 4 is 0 Å². The lowest BCUT2D eigenvalue weighted by Gasteiger charge is -2.29. The van der Waals surface area contributed by atoms with Crippen molar-refractivity contribution in [3.05, 3.63) is 18.2 Å². The Morgan fingerprint density at radius 1 is 1.71 bits per heavy atom. The van der Waals surface area contributed by atoms with Gasteiger partial charge in [0.25, 0.3) is 0 Å². The number of ether oxygens (including phenoxy) is 1. The molecule has 2 heterocycles. The molecule has 0 saturated carbocycles. The normalized spacial score (nSPS) is 22.6. The van der Waals surface area contributed by atoms with Crippen molar-refractivity contribution < 1.29 is 4.74 Å². The van der Waals surface area contributed by atoms with E-state index in [1.54, 1.807) is 0 Å². The maximum Gasteiger partial charge on any atom is 0.127 e. The molecule has 0 radical (unpaired) electrons. The van der Waals surface area contributed by atoms with Gasteiger partial charge in [0.05, 0.1) is 12.6 Å². The van der Waals surface area contributed by atoms with Gasteiger partial charge in [-0.05, 0) is 19.3 Å². The third-order valence-corrected chi connectivity index (χ3v) is 3.34.